The van der Waals surface area contributed by atoms with Crippen molar-refractivity contribution < 1.29 is 26.3 Å². The van der Waals surface area contributed by atoms with Gasteiger partial charge in [0.2, 0.25) is 11.7 Å². The fraction of sp³-hybridized carbons (Fsp3) is 0.500. The van der Waals surface area contributed by atoms with Crippen LogP contribution in [0.25, 0.3) is 0 Å². The van der Waals surface area contributed by atoms with Crippen LogP contribution in [0.1, 0.15) is 0 Å². The fourth-order valence-corrected chi connectivity index (χ4v) is 0.146. The maximum atomic E-state index is 11.1. The molecule has 0 bridgehead atoms. The van der Waals surface area contributed by atoms with Crippen LogP contribution in [0.15, 0.2) is 10.2 Å². The molecule has 0 amide bonds. The molecule has 12 heteroatoms. The van der Waals surface area contributed by atoms with E-state index >= 15 is 0 Å². The van der Waals surface area contributed by atoms with Crippen LogP contribution in [0, 0.1) is 0 Å². The lowest BCUT2D eigenvalue weighted by molar-refractivity contribution is -0.0608. The van der Waals surface area contributed by atoms with Gasteiger partial charge in [-0.05, 0) is 0 Å². The number of alkyl halides is 6. The van der Waals surface area contributed by atoms with Gasteiger partial charge in [0.25, 0.3) is 0 Å². The molecular formula is C4H8F6N6. The van der Waals surface area contributed by atoms with Gasteiger partial charge in [-0.15, -0.1) is 0 Å². The van der Waals surface area contributed by atoms with Crippen LogP contribution in [-0.4, -0.2) is 24.0 Å². The van der Waals surface area contributed by atoms with Crippen molar-refractivity contribution in [2.24, 2.45) is 33.4 Å². The third-order valence-corrected chi connectivity index (χ3v) is 0.859. The van der Waals surface area contributed by atoms with Gasteiger partial charge in [0.05, 0.1) is 0 Å². The van der Waals surface area contributed by atoms with Gasteiger partial charge < -0.3 is 23.2 Å². The average Bonchev–Trinajstić information content (AvgIpc) is 2.13. The molecule has 0 aromatic carbocycles. The third kappa shape index (κ3) is 7.52. The number of hydrazone groups is 2. The van der Waals surface area contributed by atoms with E-state index in [0.29, 0.717) is 0 Å². The Kier molecular flexibility index (Phi) is 6.07. The van der Waals surface area contributed by atoms with Gasteiger partial charge in [0.15, 0.2) is 0 Å². The Hall–Kier alpha value is -1.88. The monoisotopic (exact) mass is 254 g/mol. The topological polar surface area (TPSA) is 129 Å². The van der Waals surface area contributed by atoms with Crippen LogP contribution < -0.4 is 23.2 Å². The second-order valence-corrected chi connectivity index (χ2v) is 2.02. The molecule has 0 unspecified atom stereocenters. The summed E-state index contributed by atoms with van der Waals surface area (Å²) in [5.41, 5.74) is 8.50. The maximum absolute atomic E-state index is 11.1. The zero-order valence-electron chi connectivity index (χ0n) is 7.47. The highest BCUT2D eigenvalue weighted by Gasteiger charge is 2.33. The first kappa shape index (κ1) is 16.5. The normalized spacial score (nSPS) is 14.1. The number of nitrogens with zero attached hydrogens (tertiary/aromatic N) is 2. The van der Waals surface area contributed by atoms with Gasteiger partial charge in [0.1, 0.15) is 0 Å². The lowest BCUT2D eigenvalue weighted by Crippen LogP contribution is -2.32. The van der Waals surface area contributed by atoms with Crippen LogP contribution >= 0.6 is 0 Å². The number of nitrogens with two attached hydrogens (primary N) is 4. The zero-order chi connectivity index (χ0) is 13.6. The quantitative estimate of drug-likeness (QED) is 0.153. The standard InChI is InChI=1S/2C2H4F3N3/c2*3-2(4,5)1(6)8-7/h2*7H2,(H2,6,8). The number of amidine groups is 2. The first-order valence-electron chi connectivity index (χ1n) is 3.17. The molecule has 0 aliphatic rings. The Labute approximate surface area is 84.9 Å². The van der Waals surface area contributed by atoms with Crippen molar-refractivity contribution in [2.45, 2.75) is 12.4 Å². The Balaban J connectivity index is 0. The minimum atomic E-state index is -4.59. The number of hydrogen-bond donors (Lipinski definition) is 4. The van der Waals surface area contributed by atoms with Gasteiger partial charge in [0, 0.05) is 0 Å². The summed E-state index contributed by atoms with van der Waals surface area (Å²) in [6, 6.07) is 0. The van der Waals surface area contributed by atoms with Gasteiger partial charge in [-0.1, -0.05) is 0 Å². The van der Waals surface area contributed by atoms with E-state index in [-0.39, 0.29) is 0 Å². The first-order chi connectivity index (χ1) is 6.96. The van der Waals surface area contributed by atoms with Crippen LogP contribution in [0.4, 0.5) is 26.3 Å². The fourth-order valence-electron chi connectivity index (χ4n) is 0.146. The smallest absolute Gasteiger partial charge is 0.378 e. The lowest BCUT2D eigenvalue weighted by atomic mass is 10.6. The van der Waals surface area contributed by atoms with Crippen LogP contribution in [0.5, 0.6) is 0 Å². The van der Waals surface area contributed by atoms with Crippen molar-refractivity contribution in [3.05, 3.63) is 0 Å². The molecule has 16 heavy (non-hydrogen) atoms. The predicted octanol–water partition coefficient (Wildman–Crippen LogP) is -0.441. The van der Waals surface area contributed by atoms with Crippen molar-refractivity contribution in [1.82, 2.24) is 0 Å². The van der Waals surface area contributed by atoms with E-state index in [9.17, 15) is 26.3 Å². The molecule has 0 spiro atoms. The summed E-state index contributed by atoms with van der Waals surface area (Å²) in [4.78, 5) is 0. The van der Waals surface area contributed by atoms with Gasteiger partial charge in [-0.2, -0.15) is 36.5 Å². The summed E-state index contributed by atoms with van der Waals surface area (Å²) in [5, 5.41) is 4.46. The van der Waals surface area contributed by atoms with E-state index in [4.69, 9.17) is 0 Å². The maximum Gasteiger partial charge on any atom is 0.450 e. The van der Waals surface area contributed by atoms with Crippen molar-refractivity contribution in [2.75, 3.05) is 0 Å². The largest absolute Gasteiger partial charge is 0.450 e. The van der Waals surface area contributed by atoms with Gasteiger partial charge >= 0.3 is 12.4 Å². The molecule has 0 aliphatic heterocycles. The third-order valence-electron chi connectivity index (χ3n) is 0.859. The molecular weight excluding hydrogens is 246 g/mol. The molecule has 0 aliphatic carbocycles. The highest BCUT2D eigenvalue weighted by Crippen LogP contribution is 2.13. The number of halogens is 6. The molecule has 0 aromatic rings. The predicted molar refractivity (Wildman–Crippen MR) is 43.7 cm³/mol. The zero-order valence-corrected chi connectivity index (χ0v) is 7.47. The highest BCUT2D eigenvalue weighted by atomic mass is 19.4. The Bertz CT molecular complexity index is 235. The van der Waals surface area contributed by atoms with Gasteiger partial charge in [-0.3, -0.25) is 0 Å². The van der Waals surface area contributed by atoms with Gasteiger partial charge in [-0.25, -0.2) is 0 Å². The van der Waals surface area contributed by atoms with Crippen LogP contribution in [0.2, 0.25) is 0 Å². The Morgan fingerprint density at radius 3 is 0.875 bits per heavy atom. The van der Waals surface area contributed by atoms with E-state index < -0.39 is 24.0 Å². The lowest BCUT2D eigenvalue weighted by Gasteiger charge is -2.00. The van der Waals surface area contributed by atoms with E-state index in [2.05, 4.69) is 33.4 Å². The Morgan fingerprint density at radius 1 is 0.688 bits per heavy atom. The molecule has 96 valence electrons. The summed E-state index contributed by atoms with van der Waals surface area (Å²) in [6.07, 6.45) is -9.18. The summed E-state index contributed by atoms with van der Waals surface area (Å²) in [5.74, 6) is 5.37. The van der Waals surface area contributed by atoms with Crippen LogP contribution in [-0.2, 0) is 0 Å². The molecule has 0 radical (unpaired) electrons. The summed E-state index contributed by atoms with van der Waals surface area (Å²) in [7, 11) is 0. The molecule has 6 nitrogen and oxygen atoms in total. The first-order valence-corrected chi connectivity index (χ1v) is 3.17. The second kappa shape index (κ2) is 5.87. The summed E-state index contributed by atoms with van der Waals surface area (Å²) < 4.78 is 66.7. The Morgan fingerprint density at radius 2 is 0.875 bits per heavy atom. The van der Waals surface area contributed by atoms with Crippen molar-refractivity contribution in [3.8, 4) is 0 Å². The van der Waals surface area contributed by atoms with E-state index in [1.54, 1.807) is 0 Å². The average molecular weight is 254 g/mol. The van der Waals surface area contributed by atoms with E-state index in [0.717, 1.165) is 0 Å². The molecule has 0 fully saturated rings. The minimum absolute atomic E-state index is 1.52. The minimum Gasteiger partial charge on any atom is -0.378 e. The second-order valence-electron chi connectivity index (χ2n) is 2.02. The molecule has 0 atom stereocenters. The van der Waals surface area contributed by atoms with E-state index in [1.165, 1.54) is 0 Å². The van der Waals surface area contributed by atoms with E-state index in [1.807, 2.05) is 0 Å². The highest BCUT2D eigenvalue weighted by molar-refractivity contribution is 5.85. The molecule has 0 rings (SSSR count). The van der Waals surface area contributed by atoms with Crippen molar-refractivity contribution in [1.29, 1.82) is 0 Å². The van der Waals surface area contributed by atoms with Crippen molar-refractivity contribution in [3.63, 3.8) is 0 Å². The molecule has 0 aromatic heterocycles. The SMILES string of the molecule is NN=C(N)C(F)(F)F.NN=C(N)C(F)(F)F. The molecule has 8 N–H and O–H groups in total. The molecule has 0 saturated heterocycles. The molecule has 0 heterocycles. The number of hydrogen-bond acceptors (Lipinski definition) is 4. The summed E-state index contributed by atoms with van der Waals surface area (Å²) in [6.45, 7) is 0. The van der Waals surface area contributed by atoms with Crippen LogP contribution in [0.3, 0.4) is 0 Å². The van der Waals surface area contributed by atoms with Crippen molar-refractivity contribution >= 4 is 11.7 Å². The summed E-state index contributed by atoms with van der Waals surface area (Å²) >= 11 is 0. The molecule has 0 saturated carbocycles. The number of rotatable bonds is 0.